The van der Waals surface area contributed by atoms with E-state index in [2.05, 4.69) is 9.84 Å². The van der Waals surface area contributed by atoms with Gasteiger partial charge in [0.05, 0.1) is 0 Å². The summed E-state index contributed by atoms with van der Waals surface area (Å²) in [5.41, 5.74) is -2.35. The van der Waals surface area contributed by atoms with Crippen LogP contribution >= 0.6 is 7.75 Å². The second-order valence-corrected chi connectivity index (χ2v) is 8.07. The van der Waals surface area contributed by atoms with E-state index in [1.165, 1.54) is 0 Å². The number of alkyl halides is 1. The quantitative estimate of drug-likeness (QED) is 0.211. The maximum atomic E-state index is 15.1. The highest BCUT2D eigenvalue weighted by molar-refractivity contribution is 7.50. The van der Waals surface area contributed by atoms with Crippen molar-refractivity contribution in [2.75, 3.05) is 6.61 Å². The van der Waals surface area contributed by atoms with E-state index in [4.69, 9.17) is 9.84 Å². The lowest BCUT2D eigenvalue weighted by molar-refractivity contribution is -0.226. The number of carbonyl (C=O) groups excluding carboxylic acids is 1. The molecule has 1 amide bonds. The van der Waals surface area contributed by atoms with Crippen LogP contribution in [0.15, 0.2) is 12.3 Å². The van der Waals surface area contributed by atoms with Gasteiger partial charge in [0.1, 0.15) is 24.4 Å². The first-order valence-electron chi connectivity index (χ1n) is 7.89. The van der Waals surface area contributed by atoms with Gasteiger partial charge in [-0.2, -0.15) is 0 Å². The van der Waals surface area contributed by atoms with Gasteiger partial charge in [-0.3, -0.25) is 14.1 Å². The summed E-state index contributed by atoms with van der Waals surface area (Å²) >= 11 is 0. The van der Waals surface area contributed by atoms with Crippen LogP contribution in [0.25, 0.3) is 0 Å². The first-order chi connectivity index (χ1) is 12.7. The second-order valence-electron chi connectivity index (χ2n) is 6.51. The summed E-state index contributed by atoms with van der Waals surface area (Å²) < 4.78 is 36.4. The molecule has 0 aromatic carbocycles. The summed E-state index contributed by atoms with van der Waals surface area (Å²) in [6.07, 6.45) is -3.81. The molecule has 28 heavy (non-hydrogen) atoms. The highest BCUT2D eigenvalue weighted by atomic mass is 31.2. The summed E-state index contributed by atoms with van der Waals surface area (Å²) in [5, 5.41) is 43.0. The number of aliphatic hydroxyl groups is 3. The maximum Gasteiger partial charge on any atom is 0.403 e. The van der Waals surface area contributed by atoms with Gasteiger partial charge in [0.2, 0.25) is 12.3 Å². The molecule has 0 bridgehead atoms. The van der Waals surface area contributed by atoms with Crippen LogP contribution in [0, 0.1) is 0 Å². The second kappa shape index (κ2) is 7.65. The molecule has 0 aliphatic carbocycles. The lowest BCUT2D eigenvalue weighted by atomic mass is 9.95. The van der Waals surface area contributed by atoms with E-state index in [9.17, 15) is 34.4 Å². The van der Waals surface area contributed by atoms with Crippen LogP contribution in [0.5, 0.6) is 0 Å². The van der Waals surface area contributed by atoms with Crippen molar-refractivity contribution in [3.8, 4) is 0 Å². The number of carboxylic acids is 1. The molecule has 0 spiro atoms. The van der Waals surface area contributed by atoms with Gasteiger partial charge >= 0.3 is 13.7 Å². The van der Waals surface area contributed by atoms with Crippen LogP contribution in [-0.4, -0.2) is 84.9 Å². The Bertz CT molecular complexity index is 721. The average Bonchev–Trinajstić information content (AvgIpc) is 2.74. The van der Waals surface area contributed by atoms with E-state index in [1.807, 2.05) is 0 Å². The molecule has 160 valence electrons. The zero-order valence-electron chi connectivity index (χ0n) is 14.7. The van der Waals surface area contributed by atoms with Gasteiger partial charge in [0.25, 0.3) is 5.85 Å². The van der Waals surface area contributed by atoms with Crippen LogP contribution in [0.3, 0.4) is 0 Å². The molecule has 2 heterocycles. The highest BCUT2D eigenvalue weighted by Crippen LogP contribution is 2.45. The van der Waals surface area contributed by atoms with Gasteiger partial charge in [-0.1, -0.05) is 0 Å². The largest absolute Gasteiger partial charge is 0.480 e. The summed E-state index contributed by atoms with van der Waals surface area (Å²) in [7, 11) is -4.82. The lowest BCUT2D eigenvalue weighted by Crippen LogP contribution is -2.59. The monoisotopic (exact) mass is 429 g/mol. The van der Waals surface area contributed by atoms with Gasteiger partial charge in [-0.25, -0.2) is 14.0 Å². The Labute approximate surface area is 157 Å². The molecule has 0 aromatic rings. The lowest BCUT2D eigenvalue weighted by Gasteiger charge is -2.38. The van der Waals surface area contributed by atoms with Crippen molar-refractivity contribution in [3.63, 3.8) is 0 Å². The van der Waals surface area contributed by atoms with Crippen LogP contribution in [0.4, 0.5) is 4.39 Å². The minimum atomic E-state index is -4.82. The Morgan fingerprint density at radius 1 is 1.57 bits per heavy atom. The average molecular weight is 429 g/mol. The molecule has 0 aromatic heterocycles. The van der Waals surface area contributed by atoms with E-state index in [1.54, 1.807) is 5.09 Å². The molecule has 2 aliphatic rings. The zero-order valence-corrected chi connectivity index (χ0v) is 15.6. The van der Waals surface area contributed by atoms with E-state index in [0.717, 1.165) is 31.0 Å². The van der Waals surface area contributed by atoms with Crippen molar-refractivity contribution >= 4 is 19.6 Å². The van der Waals surface area contributed by atoms with Crippen molar-refractivity contribution in [2.45, 2.75) is 50.0 Å². The number of rotatable bonds is 7. The van der Waals surface area contributed by atoms with E-state index < -0.39 is 62.4 Å². The Balaban J connectivity index is 2.15. The van der Waals surface area contributed by atoms with Crippen LogP contribution < -0.4 is 10.4 Å². The van der Waals surface area contributed by atoms with E-state index >= 15 is 4.39 Å². The third kappa shape index (κ3) is 4.50. The predicted molar refractivity (Wildman–Crippen MR) is 86.5 cm³/mol. The molecule has 1 fully saturated rings. The van der Waals surface area contributed by atoms with Crippen molar-refractivity contribution in [2.24, 2.45) is 0 Å². The number of ether oxygens (including phenoxy) is 1. The first-order valence-corrected chi connectivity index (χ1v) is 9.47. The molecule has 1 saturated heterocycles. The van der Waals surface area contributed by atoms with Crippen molar-refractivity contribution < 1.29 is 53.1 Å². The van der Waals surface area contributed by atoms with E-state index in [0.29, 0.717) is 0 Å². The summed E-state index contributed by atoms with van der Waals surface area (Å²) in [6, 6.07) is -1.51. The molecule has 0 radical (unpaired) electrons. The zero-order chi connectivity index (χ0) is 21.5. The molecular formula is C13H21FN3O10P. The third-order valence-corrected chi connectivity index (χ3v) is 5.35. The summed E-state index contributed by atoms with van der Waals surface area (Å²) in [6.45, 7) is 0.651. The molecule has 0 saturated carbocycles. The number of hydrogen-bond donors (Lipinski definition) is 7. The number of carboxylic acid groups (broad SMARTS) is 1. The SMILES string of the molecule is CC(NP(=O)(O)OCC1(F)O[C@@H](N2C=CC(=O)NC2O)[C@](C)(O)[C@@H]1O)C(=O)O. The Morgan fingerprint density at radius 2 is 2.18 bits per heavy atom. The standard InChI is InChI=1S/C13H21FN3O10P/c1-6(8(19)20)16-28(24,25)26-5-13(14)9(21)12(2,23)10(27-13)17-4-3-7(18)15-11(17)22/h3-4,6,9-11,21-23H,5H2,1-2H3,(H,15,18)(H,19,20)(H2,16,24,25)/t6?,9-,10+,11?,12+,13?/m0/s1. The molecule has 7 atom stereocenters. The van der Waals surface area contributed by atoms with Crippen LogP contribution in [-0.2, 0) is 23.4 Å². The Kier molecular flexibility index (Phi) is 6.19. The van der Waals surface area contributed by atoms with E-state index in [-0.39, 0.29) is 0 Å². The molecule has 15 heteroatoms. The van der Waals surface area contributed by atoms with Crippen molar-refractivity contribution in [1.82, 2.24) is 15.3 Å². The van der Waals surface area contributed by atoms with Gasteiger partial charge < -0.3 is 40.3 Å². The highest BCUT2D eigenvalue weighted by Gasteiger charge is 2.64. The molecule has 7 N–H and O–H groups in total. The third-order valence-electron chi connectivity index (χ3n) is 4.16. The number of carbonyl (C=O) groups is 2. The molecule has 2 rings (SSSR count). The number of halogens is 1. The summed E-state index contributed by atoms with van der Waals surface area (Å²) in [5.74, 6) is -5.35. The Morgan fingerprint density at radius 3 is 2.71 bits per heavy atom. The molecule has 2 aliphatic heterocycles. The van der Waals surface area contributed by atoms with Crippen molar-refractivity contribution in [1.29, 1.82) is 0 Å². The molecule has 13 nitrogen and oxygen atoms in total. The molecule has 4 unspecified atom stereocenters. The van der Waals surface area contributed by atoms with Gasteiger partial charge in [-0.05, 0) is 13.8 Å². The first kappa shape index (κ1) is 22.6. The smallest absolute Gasteiger partial charge is 0.403 e. The van der Waals surface area contributed by atoms with Crippen LogP contribution in [0.2, 0.25) is 0 Å². The fourth-order valence-corrected chi connectivity index (χ4v) is 3.65. The Hall–Kier alpha value is -1.64. The topological polar surface area (TPSA) is 198 Å². The number of hydrogen-bond acceptors (Lipinski definition) is 9. The summed E-state index contributed by atoms with van der Waals surface area (Å²) in [4.78, 5) is 32.3. The number of aliphatic carboxylic acids is 1. The minimum absolute atomic E-state index is 0.670. The normalized spacial score (nSPS) is 38.8. The predicted octanol–water partition coefficient (Wildman–Crippen LogP) is -2.48. The number of amides is 1. The fourth-order valence-electron chi connectivity index (χ4n) is 2.62. The van der Waals surface area contributed by atoms with Crippen LogP contribution in [0.1, 0.15) is 13.8 Å². The van der Waals surface area contributed by atoms with Crippen molar-refractivity contribution in [3.05, 3.63) is 12.3 Å². The number of aliphatic hydroxyl groups excluding tert-OH is 2. The maximum absolute atomic E-state index is 15.1. The van der Waals surface area contributed by atoms with Gasteiger partial charge in [-0.15, -0.1) is 0 Å². The molecular weight excluding hydrogens is 408 g/mol. The number of nitrogens with one attached hydrogen (secondary N) is 2. The minimum Gasteiger partial charge on any atom is -0.480 e. The van der Waals surface area contributed by atoms with Gasteiger partial charge in [0.15, 0.2) is 6.23 Å². The number of nitrogens with zero attached hydrogens (tertiary/aromatic N) is 1. The fraction of sp³-hybridized carbons (Fsp3) is 0.692. The van der Waals surface area contributed by atoms with Gasteiger partial charge in [0, 0.05) is 12.3 Å².